The van der Waals surface area contributed by atoms with Gasteiger partial charge >= 0.3 is 5.97 Å². The van der Waals surface area contributed by atoms with E-state index in [1.54, 1.807) is 19.9 Å². The van der Waals surface area contributed by atoms with Gasteiger partial charge in [-0.2, -0.15) is 0 Å². The van der Waals surface area contributed by atoms with E-state index >= 15 is 0 Å². The molecule has 9 nitrogen and oxygen atoms in total. The molecule has 2 aromatic rings. The maximum absolute atomic E-state index is 12.4. The summed E-state index contributed by atoms with van der Waals surface area (Å²) < 4.78 is 44.6. The van der Waals surface area contributed by atoms with Crippen molar-refractivity contribution in [3.05, 3.63) is 18.2 Å². The van der Waals surface area contributed by atoms with Crippen molar-refractivity contribution in [2.24, 2.45) is 5.14 Å². The number of benzene rings is 1. The minimum atomic E-state index is -3.88. The van der Waals surface area contributed by atoms with Gasteiger partial charge in [0.05, 0.1) is 36.6 Å². The molecule has 11 heteroatoms. The average molecular weight is 433 g/mol. The lowest BCUT2D eigenvalue weighted by molar-refractivity contribution is -0.159. The van der Waals surface area contributed by atoms with E-state index in [0.29, 0.717) is 36.6 Å². The average Bonchev–Trinajstić information content (AvgIpc) is 3.04. The van der Waals surface area contributed by atoms with E-state index in [-0.39, 0.29) is 16.7 Å². The predicted octanol–water partition coefficient (Wildman–Crippen LogP) is 1.70. The highest BCUT2D eigenvalue weighted by Gasteiger charge is 2.31. The van der Waals surface area contributed by atoms with Crippen molar-refractivity contribution in [2.75, 3.05) is 33.0 Å². The third-order valence-electron chi connectivity index (χ3n) is 3.55. The molecule has 2 N–H and O–H groups in total. The molecule has 0 saturated heterocycles. The number of carbonyl (C=O) groups is 1. The second-order valence-corrected chi connectivity index (χ2v) is 8.98. The molecule has 0 atom stereocenters. The van der Waals surface area contributed by atoms with E-state index in [1.807, 2.05) is 6.92 Å². The lowest BCUT2D eigenvalue weighted by Gasteiger charge is -2.23. The number of thiazole rings is 1. The van der Waals surface area contributed by atoms with Gasteiger partial charge < -0.3 is 18.9 Å². The van der Waals surface area contributed by atoms with Crippen LogP contribution >= 0.6 is 11.3 Å². The first-order valence-corrected chi connectivity index (χ1v) is 10.9. The Morgan fingerprint density at radius 2 is 1.86 bits per heavy atom. The summed E-state index contributed by atoms with van der Waals surface area (Å²) in [6.07, 6.45) is 0. The van der Waals surface area contributed by atoms with Crippen molar-refractivity contribution < 1.29 is 32.2 Å². The summed E-state index contributed by atoms with van der Waals surface area (Å²) >= 11 is 0.904. The monoisotopic (exact) mass is 432 g/mol. The standard InChI is InChI=1S/C17H24N2O7S2/c1-4-23-7-8-24-9-10-25-17(2,3)15(20)26-12-5-6-13-14(11-12)27-16(19-13)28(18,21)22/h5-6,11H,4,7-10H2,1-3H3,(H2,18,21,22). The first-order chi connectivity index (χ1) is 13.1. The quantitative estimate of drug-likeness (QED) is 0.323. The number of hydrogen-bond acceptors (Lipinski definition) is 9. The number of ether oxygens (including phenoxy) is 4. The van der Waals surface area contributed by atoms with Crippen LogP contribution in [0.15, 0.2) is 22.5 Å². The molecule has 28 heavy (non-hydrogen) atoms. The van der Waals surface area contributed by atoms with Crippen LogP contribution in [-0.4, -0.2) is 58.0 Å². The fourth-order valence-corrected chi connectivity index (χ4v) is 3.76. The van der Waals surface area contributed by atoms with E-state index < -0.39 is 21.6 Å². The summed E-state index contributed by atoms with van der Waals surface area (Å²) in [5.41, 5.74) is -0.730. The number of aromatic nitrogens is 1. The van der Waals surface area contributed by atoms with E-state index in [1.165, 1.54) is 12.1 Å². The lowest BCUT2D eigenvalue weighted by atomic mass is 10.1. The fourth-order valence-electron chi connectivity index (χ4n) is 2.08. The Kier molecular flexibility index (Phi) is 7.87. The summed E-state index contributed by atoms with van der Waals surface area (Å²) in [6, 6.07) is 4.62. The third kappa shape index (κ3) is 6.47. The molecule has 0 saturated carbocycles. The lowest BCUT2D eigenvalue weighted by Crippen LogP contribution is -2.39. The molecule has 0 radical (unpaired) electrons. The van der Waals surface area contributed by atoms with E-state index in [2.05, 4.69) is 4.98 Å². The minimum Gasteiger partial charge on any atom is -0.424 e. The van der Waals surface area contributed by atoms with Crippen LogP contribution in [0.2, 0.25) is 0 Å². The zero-order chi connectivity index (χ0) is 20.8. The van der Waals surface area contributed by atoms with E-state index in [9.17, 15) is 13.2 Å². The summed E-state index contributed by atoms with van der Waals surface area (Å²) in [4.78, 5) is 16.4. The number of primary sulfonamides is 1. The van der Waals surface area contributed by atoms with Gasteiger partial charge in [0.2, 0.25) is 4.34 Å². The van der Waals surface area contributed by atoms with Crippen LogP contribution in [0.3, 0.4) is 0 Å². The highest BCUT2D eigenvalue weighted by molar-refractivity contribution is 7.91. The Labute approximate surface area is 167 Å². The van der Waals surface area contributed by atoms with Crippen molar-refractivity contribution in [3.8, 4) is 5.75 Å². The topological polar surface area (TPSA) is 127 Å². The Morgan fingerprint density at radius 1 is 1.18 bits per heavy atom. The smallest absolute Gasteiger partial charge is 0.343 e. The Balaban J connectivity index is 1.91. The number of fused-ring (bicyclic) bond motifs is 1. The second kappa shape index (κ2) is 9.72. The van der Waals surface area contributed by atoms with Gasteiger partial charge in [0.15, 0.2) is 5.60 Å². The van der Waals surface area contributed by atoms with Crippen LogP contribution in [0, 0.1) is 0 Å². The van der Waals surface area contributed by atoms with Crippen LogP contribution in [0.5, 0.6) is 5.75 Å². The molecule has 0 unspecified atom stereocenters. The van der Waals surface area contributed by atoms with Crippen molar-refractivity contribution in [1.29, 1.82) is 0 Å². The highest BCUT2D eigenvalue weighted by Crippen LogP contribution is 2.29. The van der Waals surface area contributed by atoms with Crippen LogP contribution in [0.25, 0.3) is 10.2 Å². The summed E-state index contributed by atoms with van der Waals surface area (Å²) in [5, 5.41) is 5.09. The van der Waals surface area contributed by atoms with E-state index in [0.717, 1.165) is 11.3 Å². The van der Waals surface area contributed by atoms with Crippen LogP contribution < -0.4 is 9.88 Å². The molecule has 2 rings (SSSR count). The number of esters is 1. The molecule has 0 aliphatic rings. The summed E-state index contributed by atoms with van der Waals surface area (Å²) in [7, 11) is -3.88. The zero-order valence-corrected chi connectivity index (χ0v) is 17.6. The minimum absolute atomic E-state index is 0.195. The SMILES string of the molecule is CCOCCOCCOC(C)(C)C(=O)Oc1ccc2nc(S(N)(=O)=O)sc2c1. The second-order valence-electron chi connectivity index (χ2n) is 6.21. The number of sulfonamides is 1. The number of hydrogen-bond donors (Lipinski definition) is 1. The molecule has 0 aliphatic carbocycles. The first-order valence-electron chi connectivity index (χ1n) is 8.58. The van der Waals surface area contributed by atoms with Gasteiger partial charge in [-0.1, -0.05) is 0 Å². The van der Waals surface area contributed by atoms with Crippen molar-refractivity contribution in [2.45, 2.75) is 30.7 Å². The van der Waals surface area contributed by atoms with Gasteiger partial charge in [0.1, 0.15) is 5.75 Å². The maximum atomic E-state index is 12.4. The Hall–Kier alpha value is -1.63. The number of nitrogens with zero attached hydrogens (tertiary/aromatic N) is 1. The zero-order valence-electron chi connectivity index (χ0n) is 16.0. The molecular weight excluding hydrogens is 408 g/mol. The molecule has 0 amide bonds. The van der Waals surface area contributed by atoms with Gasteiger partial charge in [-0.15, -0.1) is 11.3 Å². The predicted molar refractivity (Wildman–Crippen MR) is 104 cm³/mol. The van der Waals surface area contributed by atoms with Gasteiger partial charge in [-0.3, -0.25) is 0 Å². The van der Waals surface area contributed by atoms with Gasteiger partial charge in [-0.25, -0.2) is 23.3 Å². The van der Waals surface area contributed by atoms with Gasteiger partial charge in [0.25, 0.3) is 10.0 Å². The van der Waals surface area contributed by atoms with Gasteiger partial charge in [0, 0.05) is 12.7 Å². The van der Waals surface area contributed by atoms with Crippen LogP contribution in [0.1, 0.15) is 20.8 Å². The van der Waals surface area contributed by atoms with Crippen molar-refractivity contribution in [3.63, 3.8) is 0 Å². The summed E-state index contributed by atoms with van der Waals surface area (Å²) in [6.45, 7) is 7.25. The molecule has 1 aromatic heterocycles. The molecular formula is C17H24N2O7S2. The maximum Gasteiger partial charge on any atom is 0.343 e. The number of nitrogens with two attached hydrogens (primary N) is 1. The van der Waals surface area contributed by atoms with Crippen molar-refractivity contribution >= 4 is 37.5 Å². The largest absolute Gasteiger partial charge is 0.424 e. The molecule has 0 spiro atoms. The first kappa shape index (κ1) is 22.7. The Morgan fingerprint density at radius 3 is 2.54 bits per heavy atom. The van der Waals surface area contributed by atoms with Crippen LogP contribution in [0.4, 0.5) is 0 Å². The Bertz CT molecular complexity index is 909. The molecule has 1 aromatic carbocycles. The van der Waals surface area contributed by atoms with Crippen LogP contribution in [-0.2, 0) is 29.0 Å². The molecule has 1 heterocycles. The molecule has 0 aliphatic heterocycles. The fraction of sp³-hybridized carbons (Fsp3) is 0.529. The summed E-state index contributed by atoms with van der Waals surface area (Å²) in [5.74, 6) is -0.330. The normalized spacial score (nSPS) is 12.4. The van der Waals surface area contributed by atoms with Gasteiger partial charge in [-0.05, 0) is 32.9 Å². The molecule has 156 valence electrons. The number of rotatable bonds is 11. The van der Waals surface area contributed by atoms with E-state index in [4.69, 9.17) is 24.1 Å². The third-order valence-corrected chi connectivity index (χ3v) is 5.89. The van der Waals surface area contributed by atoms with Crippen molar-refractivity contribution in [1.82, 2.24) is 4.98 Å². The molecule has 0 fully saturated rings. The highest BCUT2D eigenvalue weighted by atomic mass is 32.2. The number of carbonyl (C=O) groups excluding carboxylic acids is 1. The molecule has 0 bridgehead atoms.